The van der Waals surface area contributed by atoms with Gasteiger partial charge in [0.25, 0.3) is 0 Å². The predicted molar refractivity (Wildman–Crippen MR) is 151 cm³/mol. The molecule has 1 aliphatic heterocycles. The molecule has 0 atom stereocenters. The third-order valence-electron chi connectivity index (χ3n) is 7.13. The monoisotopic (exact) mass is 517 g/mol. The second kappa shape index (κ2) is 9.85. The third-order valence-corrected chi connectivity index (χ3v) is 7.13. The van der Waals surface area contributed by atoms with Crippen LogP contribution < -0.4 is 14.8 Å². The summed E-state index contributed by atoms with van der Waals surface area (Å²) in [5.74, 6) is 2.27. The van der Waals surface area contributed by atoms with E-state index in [9.17, 15) is 0 Å². The molecule has 3 N–H and O–H groups in total. The van der Waals surface area contributed by atoms with Crippen molar-refractivity contribution >= 4 is 22.1 Å². The van der Waals surface area contributed by atoms with Gasteiger partial charge >= 0.3 is 0 Å². The van der Waals surface area contributed by atoms with Crippen molar-refractivity contribution in [3.05, 3.63) is 73.1 Å². The van der Waals surface area contributed by atoms with E-state index in [0.717, 1.165) is 81.9 Å². The van der Waals surface area contributed by atoms with Gasteiger partial charge in [-0.2, -0.15) is 5.10 Å². The smallest absolute Gasteiger partial charge is 0.161 e. The number of fused-ring (bicyclic) bond motifs is 2. The molecule has 9 heteroatoms. The summed E-state index contributed by atoms with van der Waals surface area (Å²) in [5.41, 5.74) is 7.58. The lowest BCUT2D eigenvalue weighted by atomic mass is 10.1. The molecule has 0 bridgehead atoms. The highest BCUT2D eigenvalue weighted by Crippen LogP contribution is 2.33. The summed E-state index contributed by atoms with van der Waals surface area (Å²) in [6.07, 6.45) is 5.86. The van der Waals surface area contributed by atoms with Gasteiger partial charge in [0.15, 0.2) is 11.5 Å². The lowest BCUT2D eigenvalue weighted by molar-refractivity contribution is 0.162. The molecule has 2 aromatic carbocycles. The zero-order valence-corrected chi connectivity index (χ0v) is 21.4. The molecular weight excluding hydrogens is 490 g/mol. The lowest BCUT2D eigenvalue weighted by Gasteiger charge is -2.24. The summed E-state index contributed by atoms with van der Waals surface area (Å²) in [4.78, 5) is 17.8. The summed E-state index contributed by atoms with van der Waals surface area (Å²) in [7, 11) is 1.66. The van der Waals surface area contributed by atoms with E-state index in [0.29, 0.717) is 11.5 Å². The molecule has 6 aromatic rings. The van der Waals surface area contributed by atoms with Crippen molar-refractivity contribution in [2.24, 2.45) is 0 Å². The number of ether oxygens (including phenoxy) is 2. The SMILES string of the molecule is COc1cccc(-c2cncc3[nH]c(-c4n[nH]c5ccc(-c6cccc(OC7CCNCC7)c6)nc45)nc23)c1. The Bertz CT molecular complexity index is 1790. The minimum absolute atomic E-state index is 0.238. The van der Waals surface area contributed by atoms with E-state index in [1.54, 1.807) is 13.3 Å². The number of H-pyrrole nitrogens is 2. The summed E-state index contributed by atoms with van der Waals surface area (Å²) < 4.78 is 11.7. The number of aromatic nitrogens is 6. The molecule has 39 heavy (non-hydrogen) atoms. The van der Waals surface area contributed by atoms with Gasteiger partial charge in [0.2, 0.25) is 0 Å². The van der Waals surface area contributed by atoms with Crippen molar-refractivity contribution in [2.45, 2.75) is 18.9 Å². The number of hydrogen-bond acceptors (Lipinski definition) is 7. The number of aromatic amines is 2. The van der Waals surface area contributed by atoms with Crippen molar-refractivity contribution in [3.8, 4) is 45.4 Å². The lowest BCUT2D eigenvalue weighted by Crippen LogP contribution is -2.34. The third kappa shape index (κ3) is 4.46. The molecule has 0 amide bonds. The molecule has 4 aromatic heterocycles. The number of rotatable bonds is 6. The first-order valence-corrected chi connectivity index (χ1v) is 13.1. The molecule has 7 rings (SSSR count). The Morgan fingerprint density at radius 3 is 2.51 bits per heavy atom. The van der Waals surface area contributed by atoms with E-state index < -0.39 is 0 Å². The molecule has 0 saturated carbocycles. The van der Waals surface area contributed by atoms with Gasteiger partial charge in [0.1, 0.15) is 23.1 Å². The van der Waals surface area contributed by atoms with Gasteiger partial charge in [0.05, 0.1) is 35.6 Å². The minimum atomic E-state index is 0.238. The van der Waals surface area contributed by atoms with Gasteiger partial charge in [-0.3, -0.25) is 10.1 Å². The Kier molecular flexibility index (Phi) is 5.90. The van der Waals surface area contributed by atoms with Crippen LogP contribution in [0.2, 0.25) is 0 Å². The molecular formula is C30H27N7O2. The minimum Gasteiger partial charge on any atom is -0.497 e. The van der Waals surface area contributed by atoms with E-state index in [4.69, 9.17) is 19.4 Å². The number of pyridine rings is 2. The summed E-state index contributed by atoms with van der Waals surface area (Å²) >= 11 is 0. The fourth-order valence-corrected chi connectivity index (χ4v) is 5.11. The maximum atomic E-state index is 6.26. The number of nitrogens with zero attached hydrogens (tertiary/aromatic N) is 4. The highest BCUT2D eigenvalue weighted by atomic mass is 16.5. The molecule has 1 saturated heterocycles. The van der Waals surface area contributed by atoms with Crippen LogP contribution in [0.1, 0.15) is 12.8 Å². The molecule has 0 radical (unpaired) electrons. The quantitative estimate of drug-likeness (QED) is 0.272. The average molecular weight is 518 g/mol. The van der Waals surface area contributed by atoms with Gasteiger partial charge < -0.3 is 19.8 Å². The number of imidazole rings is 1. The first-order chi connectivity index (χ1) is 19.2. The first kappa shape index (κ1) is 23.4. The number of hydrogen-bond donors (Lipinski definition) is 3. The van der Waals surface area contributed by atoms with Crippen molar-refractivity contribution in [3.63, 3.8) is 0 Å². The largest absolute Gasteiger partial charge is 0.497 e. The Balaban J connectivity index is 1.25. The standard InChI is InChI=1S/C30H27N7O2/c1-38-21-6-2-4-18(14-21)23-16-32-17-26-27(23)35-30(34-26)29-28-25(36-37-29)9-8-24(33-28)19-5-3-7-22(15-19)39-20-10-12-31-13-11-20/h2-9,14-17,20,31H,10-13H2,1H3,(H,34,35)(H,36,37). The highest BCUT2D eigenvalue weighted by Gasteiger charge is 2.18. The van der Waals surface area contributed by atoms with E-state index >= 15 is 0 Å². The van der Waals surface area contributed by atoms with Gasteiger partial charge in [-0.15, -0.1) is 0 Å². The maximum Gasteiger partial charge on any atom is 0.161 e. The fraction of sp³-hybridized carbons (Fsp3) is 0.200. The van der Waals surface area contributed by atoms with Crippen molar-refractivity contribution in [1.82, 2.24) is 35.5 Å². The van der Waals surface area contributed by atoms with E-state index in [1.165, 1.54) is 0 Å². The van der Waals surface area contributed by atoms with Crippen LogP contribution in [-0.2, 0) is 0 Å². The Labute approximate surface area is 224 Å². The van der Waals surface area contributed by atoms with Crippen molar-refractivity contribution < 1.29 is 9.47 Å². The van der Waals surface area contributed by atoms with Crippen molar-refractivity contribution in [2.75, 3.05) is 20.2 Å². The van der Waals surface area contributed by atoms with Gasteiger partial charge in [-0.05, 0) is 67.9 Å². The number of nitrogens with one attached hydrogen (secondary N) is 3. The molecule has 5 heterocycles. The van der Waals surface area contributed by atoms with Crippen LogP contribution in [0, 0.1) is 0 Å². The molecule has 1 fully saturated rings. The molecule has 0 aliphatic carbocycles. The summed E-state index contributed by atoms with van der Waals surface area (Å²) in [6, 6.07) is 20.0. The molecule has 0 unspecified atom stereocenters. The predicted octanol–water partition coefficient (Wildman–Crippen LogP) is 5.37. The maximum absolute atomic E-state index is 6.26. The molecule has 0 spiro atoms. The second-order valence-corrected chi connectivity index (χ2v) is 9.66. The first-order valence-electron chi connectivity index (χ1n) is 13.1. The van der Waals surface area contributed by atoms with Crippen molar-refractivity contribution in [1.29, 1.82) is 0 Å². The zero-order valence-electron chi connectivity index (χ0n) is 21.4. The topological polar surface area (TPSA) is 114 Å². The Hall–Kier alpha value is -4.76. The highest BCUT2D eigenvalue weighted by molar-refractivity contribution is 5.96. The van der Waals surface area contributed by atoms with Crippen LogP contribution in [-0.4, -0.2) is 56.4 Å². The number of piperidine rings is 1. The van der Waals surface area contributed by atoms with Crippen LogP contribution >= 0.6 is 0 Å². The zero-order chi connectivity index (χ0) is 26.2. The van der Waals surface area contributed by atoms with Crippen LogP contribution in [0.15, 0.2) is 73.1 Å². The van der Waals surface area contributed by atoms with Crippen LogP contribution in [0.3, 0.4) is 0 Å². The van der Waals surface area contributed by atoms with E-state index in [2.05, 4.69) is 37.6 Å². The van der Waals surface area contributed by atoms with Gasteiger partial charge in [-0.1, -0.05) is 24.3 Å². The van der Waals surface area contributed by atoms with Crippen LogP contribution in [0.5, 0.6) is 11.5 Å². The van der Waals surface area contributed by atoms with Gasteiger partial charge in [0, 0.05) is 17.3 Å². The number of benzene rings is 2. The average Bonchev–Trinajstić information content (AvgIpc) is 3.61. The summed E-state index contributed by atoms with van der Waals surface area (Å²) in [5, 5.41) is 11.0. The Morgan fingerprint density at radius 2 is 1.64 bits per heavy atom. The second-order valence-electron chi connectivity index (χ2n) is 9.66. The molecule has 194 valence electrons. The summed E-state index contributed by atoms with van der Waals surface area (Å²) in [6.45, 7) is 1.98. The van der Waals surface area contributed by atoms with Gasteiger partial charge in [-0.25, -0.2) is 9.97 Å². The number of methoxy groups -OCH3 is 1. The fourth-order valence-electron chi connectivity index (χ4n) is 5.11. The normalized spacial score (nSPS) is 14.2. The van der Waals surface area contributed by atoms with E-state index in [1.807, 2.05) is 54.7 Å². The van der Waals surface area contributed by atoms with E-state index in [-0.39, 0.29) is 6.10 Å². The molecule has 9 nitrogen and oxygen atoms in total. The van der Waals surface area contributed by atoms with Crippen LogP contribution in [0.25, 0.3) is 56.0 Å². The van der Waals surface area contributed by atoms with Crippen LogP contribution in [0.4, 0.5) is 0 Å². The Morgan fingerprint density at radius 1 is 0.821 bits per heavy atom. The molecule has 1 aliphatic rings.